The van der Waals surface area contributed by atoms with Gasteiger partial charge in [-0.05, 0) is 18.9 Å². The average Bonchev–Trinajstić information content (AvgIpc) is 3.01. The highest BCUT2D eigenvalue weighted by Gasteiger charge is 2.16. The van der Waals surface area contributed by atoms with Crippen molar-refractivity contribution in [3.05, 3.63) is 41.6 Å². The molecule has 3 heterocycles. The van der Waals surface area contributed by atoms with Crippen LogP contribution in [0.3, 0.4) is 0 Å². The van der Waals surface area contributed by atoms with Gasteiger partial charge in [0.25, 0.3) is 0 Å². The van der Waals surface area contributed by atoms with E-state index in [0.717, 1.165) is 11.2 Å². The third-order valence-corrected chi connectivity index (χ3v) is 3.33. The molecule has 0 bridgehead atoms. The van der Waals surface area contributed by atoms with Gasteiger partial charge in [0.1, 0.15) is 11.1 Å². The number of fused-ring (bicyclic) bond motifs is 1. The first-order valence-corrected chi connectivity index (χ1v) is 6.61. The highest BCUT2D eigenvalue weighted by Crippen LogP contribution is 2.20. The summed E-state index contributed by atoms with van der Waals surface area (Å²) in [4.78, 5) is 15.4. The molecular weight excluding hydrogens is 270 g/mol. The normalized spacial score (nSPS) is 11.4. The van der Waals surface area contributed by atoms with Crippen LogP contribution in [0.1, 0.15) is 41.5 Å². The molecule has 7 heteroatoms. The molecule has 0 amide bonds. The van der Waals surface area contributed by atoms with Crippen LogP contribution in [0.2, 0.25) is 0 Å². The molecule has 3 aromatic heterocycles. The summed E-state index contributed by atoms with van der Waals surface area (Å²) in [6.07, 6.45) is 4.86. The number of carboxylic acid groups (broad SMARTS) is 1. The number of hydrogen-bond acceptors (Lipinski definition) is 4. The minimum absolute atomic E-state index is 0.169. The van der Waals surface area contributed by atoms with Gasteiger partial charge in [-0.1, -0.05) is 13.8 Å². The van der Waals surface area contributed by atoms with E-state index in [4.69, 9.17) is 5.11 Å². The van der Waals surface area contributed by atoms with Crippen LogP contribution in [-0.4, -0.2) is 35.5 Å². The Kier molecular flexibility index (Phi) is 2.97. The minimum atomic E-state index is -0.998. The van der Waals surface area contributed by atoms with Crippen molar-refractivity contribution in [1.82, 2.24) is 24.4 Å². The summed E-state index contributed by atoms with van der Waals surface area (Å²) in [5.41, 5.74) is 2.37. The number of nitrogens with zero attached hydrogens (tertiary/aromatic N) is 5. The molecule has 0 radical (unpaired) electrons. The van der Waals surface area contributed by atoms with Crippen LogP contribution in [0.5, 0.6) is 0 Å². The number of hydrogen-bond donors (Lipinski definition) is 1. The summed E-state index contributed by atoms with van der Waals surface area (Å²) in [6.45, 7) is 5.79. The van der Waals surface area contributed by atoms with Gasteiger partial charge in [0.05, 0.1) is 11.4 Å². The van der Waals surface area contributed by atoms with E-state index in [1.165, 1.54) is 10.9 Å². The molecule has 0 spiro atoms. The number of aryl methyl sites for hydroxylation is 1. The van der Waals surface area contributed by atoms with Crippen molar-refractivity contribution in [2.75, 3.05) is 0 Å². The molecule has 0 aliphatic heterocycles. The van der Waals surface area contributed by atoms with Gasteiger partial charge < -0.3 is 5.11 Å². The largest absolute Gasteiger partial charge is 0.478 e. The second-order valence-electron chi connectivity index (χ2n) is 5.18. The summed E-state index contributed by atoms with van der Waals surface area (Å²) in [7, 11) is 0. The monoisotopic (exact) mass is 285 g/mol. The van der Waals surface area contributed by atoms with Crippen LogP contribution in [0.4, 0.5) is 0 Å². The Balaban J connectivity index is 2.20. The predicted molar refractivity (Wildman–Crippen MR) is 75.9 cm³/mol. The first kappa shape index (κ1) is 13.3. The topological polar surface area (TPSA) is 85.3 Å². The fourth-order valence-electron chi connectivity index (χ4n) is 2.16. The molecule has 0 aliphatic carbocycles. The number of rotatable bonds is 3. The molecule has 0 saturated heterocycles. The molecule has 21 heavy (non-hydrogen) atoms. The second-order valence-corrected chi connectivity index (χ2v) is 5.18. The van der Waals surface area contributed by atoms with Gasteiger partial charge in [0.15, 0.2) is 5.82 Å². The maximum Gasteiger partial charge on any atom is 0.339 e. The number of aromatic carboxylic acids is 1. The van der Waals surface area contributed by atoms with E-state index in [1.807, 2.05) is 6.07 Å². The molecular formula is C14H15N5O2. The van der Waals surface area contributed by atoms with Gasteiger partial charge in [-0.25, -0.2) is 19.0 Å². The van der Waals surface area contributed by atoms with Crippen LogP contribution < -0.4 is 0 Å². The number of carbonyl (C=O) groups is 1. The molecule has 0 aromatic carbocycles. The number of carboxylic acids is 1. The third kappa shape index (κ3) is 2.16. The lowest BCUT2D eigenvalue weighted by Gasteiger charge is -2.01. The Bertz CT molecular complexity index is 831. The van der Waals surface area contributed by atoms with E-state index in [1.54, 1.807) is 23.8 Å². The fraction of sp³-hybridized carbons (Fsp3) is 0.286. The van der Waals surface area contributed by atoms with E-state index in [0.29, 0.717) is 17.4 Å². The Morgan fingerprint density at radius 1 is 1.33 bits per heavy atom. The Hall–Kier alpha value is -2.70. The molecule has 7 nitrogen and oxygen atoms in total. The molecule has 0 atom stereocenters. The molecule has 0 aliphatic rings. The standard InChI is InChI=1S/C14H15N5O2/c1-8(2)11-6-12-13(15-4-5-18(12)17-11)19-7-10(14(20)21)9(3)16-19/h4-8H,1-3H3,(H,20,21). The van der Waals surface area contributed by atoms with Crippen molar-refractivity contribution in [1.29, 1.82) is 0 Å². The fourth-order valence-corrected chi connectivity index (χ4v) is 2.16. The first-order chi connectivity index (χ1) is 9.97. The Morgan fingerprint density at radius 3 is 2.71 bits per heavy atom. The van der Waals surface area contributed by atoms with Crippen LogP contribution in [0.25, 0.3) is 11.3 Å². The van der Waals surface area contributed by atoms with Crippen molar-refractivity contribution >= 4 is 11.5 Å². The SMILES string of the molecule is Cc1nn(-c2nccn3nc(C(C)C)cc23)cc1C(=O)O. The minimum Gasteiger partial charge on any atom is -0.478 e. The lowest BCUT2D eigenvalue weighted by atomic mass is 10.1. The van der Waals surface area contributed by atoms with E-state index >= 15 is 0 Å². The van der Waals surface area contributed by atoms with Gasteiger partial charge in [0, 0.05) is 18.6 Å². The zero-order valence-corrected chi connectivity index (χ0v) is 12.0. The highest BCUT2D eigenvalue weighted by atomic mass is 16.4. The summed E-state index contributed by atoms with van der Waals surface area (Å²) < 4.78 is 3.22. The molecule has 108 valence electrons. The maximum atomic E-state index is 11.1. The van der Waals surface area contributed by atoms with E-state index in [2.05, 4.69) is 29.0 Å². The van der Waals surface area contributed by atoms with Crippen LogP contribution in [0, 0.1) is 6.92 Å². The first-order valence-electron chi connectivity index (χ1n) is 6.61. The van der Waals surface area contributed by atoms with Crippen molar-refractivity contribution in [2.24, 2.45) is 0 Å². The molecule has 1 N–H and O–H groups in total. The highest BCUT2D eigenvalue weighted by molar-refractivity contribution is 5.88. The van der Waals surface area contributed by atoms with Crippen LogP contribution >= 0.6 is 0 Å². The summed E-state index contributed by atoms with van der Waals surface area (Å²) in [5.74, 6) is -0.138. The van der Waals surface area contributed by atoms with Crippen LogP contribution in [0.15, 0.2) is 24.7 Å². The van der Waals surface area contributed by atoms with Gasteiger partial charge in [-0.15, -0.1) is 0 Å². The van der Waals surface area contributed by atoms with Crippen molar-refractivity contribution in [3.8, 4) is 5.82 Å². The zero-order valence-electron chi connectivity index (χ0n) is 12.0. The van der Waals surface area contributed by atoms with Gasteiger partial charge in [-0.3, -0.25) is 0 Å². The van der Waals surface area contributed by atoms with E-state index in [-0.39, 0.29) is 5.56 Å². The molecule has 3 rings (SSSR count). The van der Waals surface area contributed by atoms with Gasteiger partial charge in [0.2, 0.25) is 0 Å². The van der Waals surface area contributed by atoms with Gasteiger partial charge in [-0.2, -0.15) is 10.2 Å². The lowest BCUT2D eigenvalue weighted by molar-refractivity contribution is 0.0696. The lowest BCUT2D eigenvalue weighted by Crippen LogP contribution is -2.02. The quantitative estimate of drug-likeness (QED) is 0.796. The zero-order chi connectivity index (χ0) is 15.1. The summed E-state index contributed by atoms with van der Waals surface area (Å²) >= 11 is 0. The van der Waals surface area contributed by atoms with E-state index < -0.39 is 5.97 Å². The molecule has 3 aromatic rings. The van der Waals surface area contributed by atoms with Crippen molar-refractivity contribution in [2.45, 2.75) is 26.7 Å². The second kappa shape index (κ2) is 4.69. The maximum absolute atomic E-state index is 11.1. The molecule has 0 saturated carbocycles. The number of aromatic nitrogens is 5. The average molecular weight is 285 g/mol. The predicted octanol–water partition coefficient (Wildman–Crippen LogP) is 2.05. The Morgan fingerprint density at radius 2 is 2.10 bits per heavy atom. The summed E-state index contributed by atoms with van der Waals surface area (Å²) in [6, 6.07) is 1.95. The Labute approximate surface area is 120 Å². The molecule has 0 fully saturated rings. The van der Waals surface area contributed by atoms with Gasteiger partial charge >= 0.3 is 5.97 Å². The van der Waals surface area contributed by atoms with Crippen molar-refractivity contribution < 1.29 is 9.90 Å². The van der Waals surface area contributed by atoms with Crippen LogP contribution in [-0.2, 0) is 0 Å². The van der Waals surface area contributed by atoms with Crippen molar-refractivity contribution in [3.63, 3.8) is 0 Å². The smallest absolute Gasteiger partial charge is 0.339 e. The third-order valence-electron chi connectivity index (χ3n) is 3.33. The molecule has 0 unspecified atom stereocenters. The van der Waals surface area contributed by atoms with E-state index in [9.17, 15) is 4.79 Å². The summed E-state index contributed by atoms with van der Waals surface area (Å²) in [5, 5.41) is 17.8.